The number of nitrogens with one attached hydrogen (secondary N) is 1. The number of thiazole rings is 1. The Kier molecular flexibility index (Phi) is 8.58. The van der Waals surface area contributed by atoms with Crippen LogP contribution in [0.25, 0.3) is 11.7 Å². The molecule has 1 aliphatic heterocycles. The van der Waals surface area contributed by atoms with E-state index in [1.165, 1.54) is 10.5 Å². The van der Waals surface area contributed by atoms with E-state index >= 15 is 0 Å². The molecular weight excluding hydrogens is 504 g/mol. The summed E-state index contributed by atoms with van der Waals surface area (Å²) < 4.78 is 1.43. The third-order valence-electron chi connectivity index (χ3n) is 6.55. The van der Waals surface area contributed by atoms with Gasteiger partial charge in [0.2, 0.25) is 5.91 Å². The summed E-state index contributed by atoms with van der Waals surface area (Å²) in [6.45, 7) is 6.91. The van der Waals surface area contributed by atoms with Crippen molar-refractivity contribution in [2.45, 2.75) is 58.5 Å². The number of amides is 1. The third kappa shape index (κ3) is 6.46. The number of piperidine rings is 1. The number of pyridine rings is 1. The maximum Gasteiger partial charge on any atom is 0.328 e. The number of carboxylic acids is 1. The fraction of sp³-hybridized carbons (Fsp3) is 0.444. The number of aryl methyl sites for hydroxylation is 2. The highest BCUT2D eigenvalue weighted by Crippen LogP contribution is 2.26. The largest absolute Gasteiger partial charge is 0.478 e. The van der Waals surface area contributed by atoms with Gasteiger partial charge in [-0.2, -0.15) is 0 Å². The zero-order valence-corrected chi connectivity index (χ0v) is 22.7. The van der Waals surface area contributed by atoms with Gasteiger partial charge < -0.3 is 21.1 Å². The number of carbonyl (C=O) groups is 2. The lowest BCUT2D eigenvalue weighted by atomic mass is 9.96. The molecule has 11 heteroatoms. The molecule has 1 fully saturated rings. The van der Waals surface area contributed by atoms with Crippen molar-refractivity contribution in [3.63, 3.8) is 0 Å². The second kappa shape index (κ2) is 11.9. The molecule has 4 N–H and O–H groups in total. The van der Waals surface area contributed by atoms with Gasteiger partial charge in [0.15, 0.2) is 0 Å². The molecule has 3 aromatic heterocycles. The van der Waals surface area contributed by atoms with E-state index in [1.54, 1.807) is 24.5 Å². The first-order valence-corrected chi connectivity index (χ1v) is 13.7. The molecule has 10 nitrogen and oxygen atoms in total. The molecule has 1 amide bonds. The van der Waals surface area contributed by atoms with Crippen LogP contribution in [0.2, 0.25) is 0 Å². The molecule has 0 aromatic carbocycles. The molecule has 202 valence electrons. The highest BCUT2D eigenvalue weighted by molar-refractivity contribution is 7.09. The number of carbonyl (C=O) groups excluding carboxylic acids is 1. The number of carboxylic acid groups (broad SMARTS) is 1. The Labute approximate surface area is 225 Å². The molecule has 0 spiro atoms. The van der Waals surface area contributed by atoms with Crippen molar-refractivity contribution in [3.05, 3.63) is 62.0 Å². The first kappa shape index (κ1) is 27.5. The van der Waals surface area contributed by atoms with E-state index in [1.807, 2.05) is 17.0 Å². The molecule has 0 radical (unpaired) electrons. The predicted octanol–water partition coefficient (Wildman–Crippen LogP) is 2.79. The van der Waals surface area contributed by atoms with Crippen LogP contribution in [0.5, 0.6) is 0 Å². The first-order chi connectivity index (χ1) is 18.1. The lowest BCUT2D eigenvalue weighted by Gasteiger charge is -2.34. The average molecular weight is 539 g/mol. The van der Waals surface area contributed by atoms with Gasteiger partial charge in [-0.25, -0.2) is 14.8 Å². The molecule has 2 atom stereocenters. The van der Waals surface area contributed by atoms with Crippen LogP contribution in [0.15, 0.2) is 34.6 Å². The van der Waals surface area contributed by atoms with Gasteiger partial charge in [-0.05, 0) is 55.9 Å². The number of hydrogen-bond acceptors (Lipinski definition) is 8. The zero-order valence-electron chi connectivity index (χ0n) is 21.9. The Hall–Kier alpha value is -3.57. The van der Waals surface area contributed by atoms with Gasteiger partial charge in [-0.15, -0.1) is 11.3 Å². The van der Waals surface area contributed by atoms with E-state index in [0.717, 1.165) is 41.6 Å². The quantitative estimate of drug-likeness (QED) is 0.279. The molecule has 1 saturated heterocycles. The van der Waals surface area contributed by atoms with E-state index in [2.05, 4.69) is 24.5 Å². The number of nitrogens with zero attached hydrogens (tertiary/aromatic N) is 4. The monoisotopic (exact) mass is 538 g/mol. The summed E-state index contributed by atoms with van der Waals surface area (Å²) in [7, 11) is 0. The molecular formula is C27H34N6O4S. The summed E-state index contributed by atoms with van der Waals surface area (Å²) >= 11 is 1.66. The summed E-state index contributed by atoms with van der Waals surface area (Å²) in [6.07, 6.45) is 6.39. The highest BCUT2D eigenvalue weighted by atomic mass is 32.1. The fourth-order valence-electron chi connectivity index (χ4n) is 4.56. The standard InChI is InChI=1S/C27H34N6O4S/c1-16(2)21-15-38-23(30-21)8-6-18-10-12-33-22(13-18)31-25(20(27(33)37)7-9-24(34)35)32-11-4-5-19(14-32)26(36)29-17(3)28/h7,9-10,12-13,15-17,19H,4-6,8,11,14,28H2,1-3H3,(H,29,36)(H,34,35)/b9-7+. The minimum atomic E-state index is -1.16. The molecule has 38 heavy (non-hydrogen) atoms. The number of rotatable bonds is 9. The third-order valence-corrected chi connectivity index (χ3v) is 7.48. The van der Waals surface area contributed by atoms with Crippen molar-refractivity contribution in [1.82, 2.24) is 19.7 Å². The number of fused-ring (bicyclic) bond motifs is 1. The summed E-state index contributed by atoms with van der Waals surface area (Å²) in [5.74, 6) is -0.851. The molecule has 0 saturated carbocycles. The molecule has 2 unspecified atom stereocenters. The topological polar surface area (TPSA) is 143 Å². The molecule has 1 aliphatic rings. The van der Waals surface area contributed by atoms with Gasteiger partial charge in [0.1, 0.15) is 11.5 Å². The normalized spacial score (nSPS) is 16.9. The van der Waals surface area contributed by atoms with Gasteiger partial charge in [-0.3, -0.25) is 14.0 Å². The number of aromatic nitrogens is 3. The van der Waals surface area contributed by atoms with Crippen molar-refractivity contribution < 1.29 is 14.7 Å². The van der Waals surface area contributed by atoms with Crippen LogP contribution in [0, 0.1) is 5.92 Å². The Morgan fingerprint density at radius 1 is 1.29 bits per heavy atom. The number of aliphatic carboxylic acids is 1. The van der Waals surface area contributed by atoms with Gasteiger partial charge in [0, 0.05) is 37.2 Å². The first-order valence-electron chi connectivity index (χ1n) is 12.8. The van der Waals surface area contributed by atoms with Crippen molar-refractivity contribution in [2.24, 2.45) is 11.7 Å². The van der Waals surface area contributed by atoms with Gasteiger partial charge in [0.05, 0.1) is 28.3 Å². The van der Waals surface area contributed by atoms with Crippen LogP contribution >= 0.6 is 11.3 Å². The summed E-state index contributed by atoms with van der Waals surface area (Å²) in [5, 5.41) is 15.1. The molecule has 0 bridgehead atoms. The predicted molar refractivity (Wildman–Crippen MR) is 148 cm³/mol. The molecule has 3 aromatic rings. The van der Waals surface area contributed by atoms with Crippen molar-refractivity contribution in [1.29, 1.82) is 0 Å². The number of anilines is 1. The van der Waals surface area contributed by atoms with Gasteiger partial charge >= 0.3 is 5.97 Å². The molecule has 4 rings (SSSR count). The number of nitrogens with two attached hydrogens (primary N) is 1. The minimum Gasteiger partial charge on any atom is -0.478 e. The second-order valence-corrected chi connectivity index (χ2v) is 10.9. The maximum absolute atomic E-state index is 13.5. The van der Waals surface area contributed by atoms with Crippen LogP contribution in [0.3, 0.4) is 0 Å². The van der Waals surface area contributed by atoms with E-state index in [-0.39, 0.29) is 22.9 Å². The lowest BCUT2D eigenvalue weighted by molar-refractivity contribution is -0.131. The minimum absolute atomic E-state index is 0.144. The van der Waals surface area contributed by atoms with Crippen LogP contribution < -0.4 is 21.5 Å². The van der Waals surface area contributed by atoms with E-state index in [4.69, 9.17) is 15.7 Å². The fourth-order valence-corrected chi connectivity index (χ4v) is 5.52. The lowest BCUT2D eigenvalue weighted by Crippen LogP contribution is -2.48. The van der Waals surface area contributed by atoms with E-state index in [0.29, 0.717) is 36.9 Å². The Morgan fingerprint density at radius 2 is 2.08 bits per heavy atom. The SMILES string of the molecule is CC(N)NC(=O)C1CCCN(c2nc3cc(CCc4nc(C(C)C)cs4)ccn3c(=O)c2/C=C/C(=O)O)C1. The Balaban J connectivity index is 1.67. The Morgan fingerprint density at radius 3 is 2.76 bits per heavy atom. The van der Waals surface area contributed by atoms with Crippen molar-refractivity contribution >= 4 is 40.8 Å². The van der Waals surface area contributed by atoms with E-state index < -0.39 is 12.1 Å². The Bertz CT molecular complexity index is 1410. The van der Waals surface area contributed by atoms with Gasteiger partial charge in [-0.1, -0.05) is 13.8 Å². The van der Waals surface area contributed by atoms with Crippen LogP contribution in [-0.2, 0) is 22.4 Å². The van der Waals surface area contributed by atoms with Crippen LogP contribution in [0.4, 0.5) is 5.82 Å². The van der Waals surface area contributed by atoms with Crippen molar-refractivity contribution in [2.75, 3.05) is 18.0 Å². The highest BCUT2D eigenvalue weighted by Gasteiger charge is 2.29. The van der Waals surface area contributed by atoms with Crippen LogP contribution in [-0.4, -0.2) is 50.6 Å². The second-order valence-electron chi connectivity index (χ2n) is 9.99. The summed E-state index contributed by atoms with van der Waals surface area (Å²) in [4.78, 5) is 48.8. The van der Waals surface area contributed by atoms with Crippen molar-refractivity contribution in [3.8, 4) is 0 Å². The van der Waals surface area contributed by atoms with Gasteiger partial charge in [0.25, 0.3) is 5.56 Å². The van der Waals surface area contributed by atoms with E-state index in [9.17, 15) is 19.5 Å². The smallest absolute Gasteiger partial charge is 0.328 e. The number of hydrogen-bond donors (Lipinski definition) is 3. The van der Waals surface area contributed by atoms with Crippen LogP contribution in [0.1, 0.15) is 61.4 Å². The zero-order chi connectivity index (χ0) is 27.4. The summed E-state index contributed by atoms with van der Waals surface area (Å²) in [5.41, 5.74) is 8.14. The maximum atomic E-state index is 13.5. The molecule has 4 heterocycles. The average Bonchev–Trinajstić information content (AvgIpc) is 3.36. The summed E-state index contributed by atoms with van der Waals surface area (Å²) in [6, 6.07) is 3.77. The molecule has 0 aliphatic carbocycles.